The van der Waals surface area contributed by atoms with Crippen LogP contribution in [-0.2, 0) is 23.4 Å². The molecular weight excluding hydrogens is 420 g/mol. The van der Waals surface area contributed by atoms with Gasteiger partial charge in [0.25, 0.3) is 0 Å². The fraction of sp³-hybridized carbons (Fsp3) is 0.700. The van der Waals surface area contributed by atoms with Gasteiger partial charge in [-0.2, -0.15) is 5.10 Å². The Morgan fingerprint density at radius 2 is 2.07 bits per heavy atom. The van der Waals surface area contributed by atoms with Gasteiger partial charge >= 0.3 is 0 Å². The predicted molar refractivity (Wildman–Crippen MR) is 107 cm³/mol. The minimum absolute atomic E-state index is 0.0508. The van der Waals surface area contributed by atoms with E-state index in [4.69, 9.17) is 0 Å². The highest BCUT2D eigenvalue weighted by Crippen LogP contribution is 2.64. The van der Waals surface area contributed by atoms with Gasteiger partial charge in [0, 0.05) is 19.8 Å². The van der Waals surface area contributed by atoms with Crippen molar-refractivity contribution < 1.29 is 4.79 Å². The summed E-state index contributed by atoms with van der Waals surface area (Å²) in [6.07, 6.45) is 10.1. The Bertz CT molecular complexity index is 890. The normalized spacial score (nSPS) is 33.4. The van der Waals surface area contributed by atoms with E-state index in [9.17, 15) is 4.79 Å². The number of rotatable bonds is 5. The van der Waals surface area contributed by atoms with E-state index >= 15 is 0 Å². The molecule has 0 aromatic carbocycles. The number of hydrogen-bond acceptors (Lipinski definition) is 4. The first kappa shape index (κ1) is 18.3. The topological polar surface area (TPSA) is 68.8 Å². The molecule has 0 saturated heterocycles. The fourth-order valence-corrected chi connectivity index (χ4v) is 6.97. The summed E-state index contributed by atoms with van der Waals surface area (Å²) < 4.78 is 4.66. The van der Waals surface area contributed by atoms with Crippen molar-refractivity contribution >= 4 is 21.8 Å². The second-order valence-corrected chi connectivity index (χ2v) is 9.93. The highest BCUT2D eigenvalue weighted by molar-refractivity contribution is 9.10. The van der Waals surface area contributed by atoms with E-state index < -0.39 is 0 Å². The Hall–Kier alpha value is -1.70. The van der Waals surface area contributed by atoms with Crippen molar-refractivity contribution in [2.75, 3.05) is 7.05 Å². The molecule has 7 nitrogen and oxygen atoms in total. The van der Waals surface area contributed by atoms with Crippen LogP contribution in [0.25, 0.3) is 0 Å². The number of carbonyl (C=O) groups excluding carboxylic acids is 1. The minimum Gasteiger partial charge on any atom is -0.339 e. The first-order valence-electron chi connectivity index (χ1n) is 10.3. The van der Waals surface area contributed by atoms with Gasteiger partial charge in [0.1, 0.15) is 6.33 Å². The van der Waals surface area contributed by atoms with Gasteiger partial charge in [-0.25, -0.2) is 9.67 Å². The lowest BCUT2D eigenvalue weighted by atomic mass is 9.46. The van der Waals surface area contributed by atoms with Crippen LogP contribution in [0.4, 0.5) is 0 Å². The van der Waals surface area contributed by atoms with Crippen molar-refractivity contribution in [3.63, 3.8) is 0 Å². The molecule has 0 radical (unpaired) electrons. The number of aromatic nitrogens is 5. The maximum Gasteiger partial charge on any atom is 0.228 e. The Kier molecular flexibility index (Phi) is 4.19. The summed E-state index contributed by atoms with van der Waals surface area (Å²) >= 11 is 3.40. The molecule has 2 heterocycles. The monoisotopic (exact) mass is 446 g/mol. The molecule has 2 unspecified atom stereocenters. The third-order valence-corrected chi connectivity index (χ3v) is 7.65. The molecule has 2 atom stereocenters. The van der Waals surface area contributed by atoms with Crippen LogP contribution in [0.2, 0.25) is 0 Å². The third kappa shape index (κ3) is 2.75. The first-order valence-corrected chi connectivity index (χ1v) is 11.1. The Morgan fingerprint density at radius 3 is 2.71 bits per heavy atom. The van der Waals surface area contributed by atoms with E-state index in [1.807, 2.05) is 35.2 Å². The summed E-state index contributed by atoms with van der Waals surface area (Å²) in [5, 5.41) is 8.95. The van der Waals surface area contributed by atoms with E-state index in [-0.39, 0.29) is 11.0 Å². The molecule has 150 valence electrons. The highest BCUT2D eigenvalue weighted by atomic mass is 79.9. The maximum absolute atomic E-state index is 13.7. The third-order valence-electron chi connectivity index (χ3n) is 7.28. The summed E-state index contributed by atoms with van der Waals surface area (Å²) in [5.41, 5.74) is 0.789. The molecule has 4 bridgehead atoms. The number of carbonyl (C=O) groups is 1. The number of nitrogens with zero attached hydrogens (tertiary/aromatic N) is 6. The van der Waals surface area contributed by atoms with Crippen LogP contribution in [-0.4, -0.2) is 42.4 Å². The van der Waals surface area contributed by atoms with Crippen LogP contribution >= 0.6 is 15.9 Å². The molecule has 4 aliphatic carbocycles. The van der Waals surface area contributed by atoms with Gasteiger partial charge in [0.15, 0.2) is 0 Å². The van der Waals surface area contributed by atoms with Gasteiger partial charge < -0.3 is 4.90 Å². The van der Waals surface area contributed by atoms with Gasteiger partial charge in [-0.15, -0.1) is 5.10 Å². The molecular formula is C20H27BrN6O. The van der Waals surface area contributed by atoms with E-state index in [0.29, 0.717) is 29.0 Å². The quantitative estimate of drug-likeness (QED) is 0.706. The first-order chi connectivity index (χ1) is 13.4. The minimum atomic E-state index is -0.256. The molecule has 0 spiro atoms. The van der Waals surface area contributed by atoms with Crippen LogP contribution < -0.4 is 0 Å². The standard InChI is InChI=1S/C20H27BrN6O/c1-3-26-16(4-5-23-26)11-25(2)17(28)19-7-14-6-15(8-19)10-20(9-14,12-19)27-13-22-18(21)24-27/h4-5,13-15H,3,6-12H2,1-2H3. The van der Waals surface area contributed by atoms with Crippen LogP contribution in [0.5, 0.6) is 0 Å². The molecule has 0 N–H and O–H groups in total. The number of halogens is 1. The summed E-state index contributed by atoms with van der Waals surface area (Å²) in [6, 6.07) is 2.02. The van der Waals surface area contributed by atoms with E-state index in [1.54, 1.807) is 0 Å². The van der Waals surface area contributed by atoms with Crippen molar-refractivity contribution in [1.29, 1.82) is 0 Å². The molecule has 2 aromatic rings. The number of aryl methyl sites for hydroxylation is 1. The lowest BCUT2D eigenvalue weighted by Gasteiger charge is -2.61. The van der Waals surface area contributed by atoms with Crippen molar-refractivity contribution in [3.05, 3.63) is 29.0 Å². The van der Waals surface area contributed by atoms with Gasteiger partial charge in [-0.1, -0.05) is 0 Å². The molecule has 6 rings (SSSR count). The largest absolute Gasteiger partial charge is 0.339 e. The van der Waals surface area contributed by atoms with Gasteiger partial charge in [0.05, 0.1) is 23.2 Å². The molecule has 4 saturated carbocycles. The molecule has 4 fully saturated rings. The van der Waals surface area contributed by atoms with Gasteiger partial charge in [0.2, 0.25) is 10.6 Å². The Balaban J connectivity index is 1.43. The lowest BCUT2D eigenvalue weighted by Crippen LogP contribution is -2.61. The Morgan fingerprint density at radius 1 is 1.32 bits per heavy atom. The zero-order valence-corrected chi connectivity index (χ0v) is 18.1. The summed E-state index contributed by atoms with van der Waals surface area (Å²) in [6.45, 7) is 3.52. The average molecular weight is 447 g/mol. The maximum atomic E-state index is 13.7. The molecule has 2 aromatic heterocycles. The molecule has 8 heteroatoms. The average Bonchev–Trinajstić information content (AvgIpc) is 3.29. The van der Waals surface area contributed by atoms with E-state index in [1.165, 1.54) is 6.42 Å². The molecule has 4 aliphatic rings. The summed E-state index contributed by atoms with van der Waals surface area (Å²) in [5.74, 6) is 1.53. The fourth-order valence-electron chi connectivity index (χ4n) is 6.70. The van der Waals surface area contributed by atoms with Crippen molar-refractivity contribution in [2.45, 2.75) is 64.1 Å². The summed E-state index contributed by atoms with van der Waals surface area (Å²) in [7, 11) is 1.95. The Labute approximate surface area is 173 Å². The lowest BCUT2D eigenvalue weighted by molar-refractivity contribution is -0.166. The van der Waals surface area contributed by atoms with Crippen molar-refractivity contribution in [2.24, 2.45) is 17.3 Å². The zero-order valence-electron chi connectivity index (χ0n) is 16.5. The second kappa shape index (κ2) is 6.40. The van der Waals surface area contributed by atoms with Crippen LogP contribution in [0.15, 0.2) is 23.3 Å². The van der Waals surface area contributed by atoms with Gasteiger partial charge in [-0.3, -0.25) is 9.48 Å². The van der Waals surface area contributed by atoms with Crippen LogP contribution in [0, 0.1) is 17.3 Å². The highest BCUT2D eigenvalue weighted by Gasteiger charge is 2.62. The number of amides is 1. The van der Waals surface area contributed by atoms with E-state index in [0.717, 1.165) is 44.3 Å². The van der Waals surface area contributed by atoms with Crippen molar-refractivity contribution in [1.82, 2.24) is 29.4 Å². The smallest absolute Gasteiger partial charge is 0.228 e. The molecule has 1 amide bonds. The van der Waals surface area contributed by atoms with E-state index in [2.05, 4.69) is 42.7 Å². The zero-order chi connectivity index (χ0) is 19.5. The van der Waals surface area contributed by atoms with Crippen LogP contribution in [0.1, 0.15) is 51.1 Å². The van der Waals surface area contributed by atoms with Gasteiger partial charge in [-0.05, 0) is 79.3 Å². The molecule has 28 heavy (non-hydrogen) atoms. The van der Waals surface area contributed by atoms with Crippen molar-refractivity contribution in [3.8, 4) is 0 Å². The second-order valence-electron chi connectivity index (χ2n) is 9.22. The van der Waals surface area contributed by atoms with Crippen LogP contribution in [0.3, 0.4) is 0 Å². The molecule has 0 aliphatic heterocycles. The number of hydrogen-bond donors (Lipinski definition) is 0. The SMILES string of the molecule is CCn1nccc1CN(C)C(=O)C12CC3CC(C1)CC(n1cnc(Br)n1)(C3)C2. The summed E-state index contributed by atoms with van der Waals surface area (Å²) in [4.78, 5) is 20.0. The predicted octanol–water partition coefficient (Wildman–Crippen LogP) is 3.21.